The number of amides is 1. The van der Waals surface area contributed by atoms with E-state index >= 15 is 0 Å². The van der Waals surface area contributed by atoms with Crippen LogP contribution in [0, 0.1) is 37.4 Å². The number of hydrogen-bond acceptors (Lipinski definition) is 12. The lowest BCUT2D eigenvalue weighted by molar-refractivity contribution is -0.160. The Kier molecular flexibility index (Phi) is 9.15. The van der Waals surface area contributed by atoms with Crippen LogP contribution in [0.25, 0.3) is 27.5 Å². The number of methoxy groups -OCH3 is 1. The van der Waals surface area contributed by atoms with Crippen molar-refractivity contribution in [2.24, 2.45) is 23.7 Å². The molecule has 4 aromatic rings. The number of aromatic nitrogens is 2. The van der Waals surface area contributed by atoms with Gasteiger partial charge in [0.25, 0.3) is 11.7 Å². The van der Waals surface area contributed by atoms with Gasteiger partial charge in [-0.1, -0.05) is 45.9 Å². The summed E-state index contributed by atoms with van der Waals surface area (Å²) in [6.45, 7) is 9.09. The van der Waals surface area contributed by atoms with Gasteiger partial charge in [-0.3, -0.25) is 18.8 Å². The molecule has 0 spiro atoms. The zero-order valence-corrected chi connectivity index (χ0v) is 33.0. The quantitative estimate of drug-likeness (QED) is 0.115. The van der Waals surface area contributed by atoms with Gasteiger partial charge in [0.1, 0.15) is 40.0 Å². The highest BCUT2D eigenvalue weighted by Crippen LogP contribution is 2.54. The van der Waals surface area contributed by atoms with Crippen molar-refractivity contribution >= 4 is 50.8 Å². The maximum Gasteiger partial charge on any atom is 0.312 e. The SMILES string of the molecule is [2H]c1c(C([2H])([2H])[2H])c([2H])c2nc3c4c5c6c(C)c(O)c4c(O)c(c3n2c1[2H])NC(=O)C(C)=CC=C[C@H](C)[C@H](O)[C@@H](C)[C@@H](O)[C@@H](C)[C@H](OC(C)=O)[C@H](C)[C@@H](OC)/C=C/O[C@@](C)(O6)C5=O. The fourth-order valence-corrected chi connectivity index (χ4v) is 7.74. The monoisotopic (exact) mass is 791 g/mol. The number of fused-ring (bicyclic) bond motifs is 14. The van der Waals surface area contributed by atoms with Crippen LogP contribution in [0.4, 0.5) is 5.69 Å². The summed E-state index contributed by atoms with van der Waals surface area (Å²) in [5.41, 5.74) is -2.53. The zero-order valence-electron chi connectivity index (χ0n) is 39.0. The highest BCUT2D eigenvalue weighted by atomic mass is 16.7. The molecule has 14 heteroatoms. The van der Waals surface area contributed by atoms with Crippen LogP contribution in [-0.2, 0) is 23.8 Å². The van der Waals surface area contributed by atoms with E-state index in [2.05, 4.69) is 10.3 Å². The lowest BCUT2D eigenvalue weighted by Gasteiger charge is -2.38. The number of benzene rings is 2. The number of esters is 1. The number of phenolic OH excluding ortho intramolecular Hbond substituents is 2. The first-order chi connectivity index (χ1) is 29.3. The number of carbonyl (C=O) groups excluding carboxylic acids is 3. The fraction of sp³-hybridized carbons (Fsp3) is 0.442. The lowest BCUT2D eigenvalue weighted by atomic mass is 9.78. The van der Waals surface area contributed by atoms with E-state index in [1.54, 1.807) is 33.8 Å². The Hall–Kier alpha value is -5.44. The molecule has 0 unspecified atom stereocenters. The van der Waals surface area contributed by atoms with Crippen molar-refractivity contribution in [3.05, 3.63) is 71.1 Å². The molecule has 0 fully saturated rings. The van der Waals surface area contributed by atoms with Gasteiger partial charge in [0.2, 0.25) is 0 Å². The summed E-state index contributed by atoms with van der Waals surface area (Å²) in [7, 11) is 1.40. The van der Waals surface area contributed by atoms with Crippen LogP contribution in [0.3, 0.4) is 0 Å². The lowest BCUT2D eigenvalue weighted by Crippen LogP contribution is -2.46. The zero-order chi connectivity index (χ0) is 46.9. The molecule has 5 bridgehead atoms. The number of allylic oxidation sites excluding steroid dienone is 2. The van der Waals surface area contributed by atoms with E-state index in [1.165, 1.54) is 53.0 Å². The molecule has 304 valence electrons. The number of phenols is 2. The molecule has 2 aromatic heterocycles. The maximum absolute atomic E-state index is 14.7. The van der Waals surface area contributed by atoms with Crippen molar-refractivity contribution in [1.82, 2.24) is 9.38 Å². The highest BCUT2D eigenvalue weighted by molar-refractivity contribution is 6.28. The highest BCUT2D eigenvalue weighted by Gasteiger charge is 2.50. The number of aromatic hydroxyl groups is 2. The molecule has 0 aliphatic carbocycles. The Bertz CT molecular complexity index is 2660. The van der Waals surface area contributed by atoms with Gasteiger partial charge in [-0.15, -0.1) is 0 Å². The largest absolute Gasteiger partial charge is 0.507 e. The Labute approximate surface area is 338 Å². The number of anilines is 1. The Morgan fingerprint density at radius 1 is 1.05 bits per heavy atom. The first-order valence-corrected chi connectivity index (χ1v) is 18.5. The summed E-state index contributed by atoms with van der Waals surface area (Å²) in [4.78, 5) is 45.6. The van der Waals surface area contributed by atoms with Crippen LogP contribution < -0.4 is 10.1 Å². The van der Waals surface area contributed by atoms with Crippen LogP contribution in [0.15, 0.2) is 54.4 Å². The second-order valence-electron chi connectivity index (χ2n) is 15.1. The summed E-state index contributed by atoms with van der Waals surface area (Å²) >= 11 is 0. The molecule has 2 aromatic carbocycles. The second kappa shape index (κ2) is 15.5. The van der Waals surface area contributed by atoms with E-state index in [1.807, 2.05) is 0 Å². The number of rotatable bonds is 2. The first-order valence-electron chi connectivity index (χ1n) is 21.5. The van der Waals surface area contributed by atoms with Crippen molar-refractivity contribution < 1.29 is 62.0 Å². The van der Waals surface area contributed by atoms with Crippen LogP contribution in [0.2, 0.25) is 0 Å². The molecule has 0 saturated heterocycles. The average molecular weight is 792 g/mol. The number of nitrogens with one attached hydrogen (secondary N) is 1. The number of aliphatic hydroxyl groups is 2. The molecule has 57 heavy (non-hydrogen) atoms. The predicted molar refractivity (Wildman–Crippen MR) is 213 cm³/mol. The summed E-state index contributed by atoms with van der Waals surface area (Å²) in [6, 6.07) is -1.62. The average Bonchev–Trinajstić information content (AvgIpc) is 3.74. The fourth-order valence-electron chi connectivity index (χ4n) is 7.74. The summed E-state index contributed by atoms with van der Waals surface area (Å²) in [5, 5.41) is 48.8. The molecule has 9 atom stereocenters. The van der Waals surface area contributed by atoms with Gasteiger partial charge >= 0.3 is 11.8 Å². The third-order valence-electron chi connectivity index (χ3n) is 11.2. The third kappa shape index (κ3) is 7.10. The Morgan fingerprint density at radius 2 is 1.77 bits per heavy atom. The number of pyridine rings is 1. The molecule has 0 saturated carbocycles. The van der Waals surface area contributed by atoms with E-state index in [0.717, 1.165) is 10.7 Å². The smallest absolute Gasteiger partial charge is 0.312 e. The van der Waals surface area contributed by atoms with Gasteiger partial charge in [-0.2, -0.15) is 0 Å². The van der Waals surface area contributed by atoms with Gasteiger partial charge in [-0.05, 0) is 44.4 Å². The number of Topliss-reactive ketones (excluding diaryl/α,β-unsaturated/α-hetero) is 1. The molecule has 7 rings (SSSR count). The van der Waals surface area contributed by atoms with Crippen LogP contribution in [-0.4, -0.2) is 84.8 Å². The topological polar surface area (TPSA) is 198 Å². The minimum Gasteiger partial charge on any atom is -0.507 e. The first kappa shape index (κ1) is 33.7. The molecule has 1 amide bonds. The van der Waals surface area contributed by atoms with E-state index in [-0.39, 0.29) is 44.3 Å². The minimum absolute atomic E-state index is 0.0317. The van der Waals surface area contributed by atoms with Gasteiger partial charge in [0.05, 0.1) is 39.6 Å². The molecule has 5 heterocycles. The number of carbonyl (C=O) groups is 3. The summed E-state index contributed by atoms with van der Waals surface area (Å²) in [6.07, 6.45) is 2.21. The molecule has 3 aliphatic rings. The number of ketones is 1. The predicted octanol–water partition coefficient (Wildman–Crippen LogP) is 6.16. The van der Waals surface area contributed by atoms with Gasteiger partial charge < -0.3 is 44.7 Å². The Balaban J connectivity index is 1.66. The number of aliphatic hydroxyl groups excluding tert-OH is 2. The summed E-state index contributed by atoms with van der Waals surface area (Å²) < 4.78 is 75.2. The molecule has 3 aliphatic heterocycles. The minimum atomic E-state index is -3.03. The van der Waals surface area contributed by atoms with Gasteiger partial charge in [-0.25, -0.2) is 4.98 Å². The number of hydrogen-bond donors (Lipinski definition) is 5. The van der Waals surface area contributed by atoms with Crippen molar-refractivity contribution in [2.75, 3.05) is 12.4 Å². The van der Waals surface area contributed by atoms with Crippen LogP contribution in [0.1, 0.15) is 78.2 Å². The van der Waals surface area contributed by atoms with Gasteiger partial charge in [0, 0.05) is 71.4 Å². The standard InChI is InChI=1S/C43H51N3O11/c1-19-14-16-46-28(18-19)44-32-29-30-37(50)25(7)40-31(29)41(52)43(9,57-40)55-17-15-27(54-10)22(4)39(56-26(8)47)24(6)36(49)23(5)35(48)20(2)12-11-13-21(3)42(53)45-33(34(32)46)38(30)51/h11-18,20,22-24,27,35-36,39,48-51H,1-10H3,(H,45,53)/b12-11?,17-15+,21-13?/t20-,22+,23+,24+,27-,35-,36+,39+,43-/m0/s1/i1D3,14D,16D,18D. The van der Waals surface area contributed by atoms with Crippen LogP contribution >= 0.6 is 0 Å². The molecule has 5 N–H and O–H groups in total. The van der Waals surface area contributed by atoms with E-state index < -0.39 is 125 Å². The van der Waals surface area contributed by atoms with E-state index in [4.69, 9.17) is 27.2 Å². The third-order valence-corrected chi connectivity index (χ3v) is 11.2. The van der Waals surface area contributed by atoms with Crippen molar-refractivity contribution in [3.63, 3.8) is 0 Å². The van der Waals surface area contributed by atoms with Gasteiger partial charge in [0.15, 0.2) is 5.75 Å². The molecule has 14 nitrogen and oxygen atoms in total. The molecule has 0 radical (unpaired) electrons. The molecular weight excluding hydrogens is 734 g/mol. The second-order valence-corrected chi connectivity index (χ2v) is 15.1. The Morgan fingerprint density at radius 3 is 2.44 bits per heavy atom. The van der Waals surface area contributed by atoms with Crippen molar-refractivity contribution in [1.29, 1.82) is 0 Å². The molecular formula is C43H51N3O11. The number of ether oxygens (including phenoxy) is 4. The number of imidazole rings is 1. The normalized spacial score (nSPS) is 31.1. The van der Waals surface area contributed by atoms with Crippen LogP contribution in [0.5, 0.6) is 17.2 Å². The van der Waals surface area contributed by atoms with E-state index in [9.17, 15) is 34.8 Å². The van der Waals surface area contributed by atoms with Crippen molar-refractivity contribution in [3.8, 4) is 17.2 Å². The van der Waals surface area contributed by atoms with E-state index in [0.29, 0.717) is 0 Å². The van der Waals surface area contributed by atoms with Crippen molar-refractivity contribution in [2.45, 2.75) is 92.4 Å². The summed E-state index contributed by atoms with van der Waals surface area (Å²) in [5.74, 6) is -8.76. The number of nitrogens with zero attached hydrogens (tertiary/aromatic N) is 2. The maximum atomic E-state index is 14.7.